The second kappa shape index (κ2) is 7.29. The molecule has 1 atom stereocenters. The molecule has 0 radical (unpaired) electrons. The molecule has 1 aliphatic heterocycles. The van der Waals surface area contributed by atoms with Crippen LogP contribution in [0.5, 0.6) is 5.75 Å². The molecule has 1 saturated heterocycles. The van der Waals surface area contributed by atoms with Crippen molar-refractivity contribution in [1.29, 1.82) is 0 Å². The van der Waals surface area contributed by atoms with Gasteiger partial charge < -0.3 is 15.0 Å². The van der Waals surface area contributed by atoms with Crippen LogP contribution in [0.25, 0.3) is 0 Å². The Labute approximate surface area is 131 Å². The normalized spacial score (nSPS) is 17.0. The van der Waals surface area contributed by atoms with Crippen molar-refractivity contribution >= 4 is 17.5 Å². The zero-order valence-corrected chi connectivity index (χ0v) is 13.5. The topological polar surface area (TPSA) is 58.6 Å². The first-order valence-corrected chi connectivity index (χ1v) is 7.79. The Morgan fingerprint density at radius 2 is 1.91 bits per heavy atom. The highest BCUT2D eigenvalue weighted by Crippen LogP contribution is 2.25. The van der Waals surface area contributed by atoms with Crippen molar-refractivity contribution in [2.24, 2.45) is 5.92 Å². The molecule has 0 unspecified atom stereocenters. The summed E-state index contributed by atoms with van der Waals surface area (Å²) in [5.74, 6) is 1.04. The third-order valence-corrected chi connectivity index (χ3v) is 3.94. The molecular formula is C17H24N2O3. The minimum absolute atomic E-state index is 0.00419. The van der Waals surface area contributed by atoms with E-state index in [0.29, 0.717) is 17.4 Å². The number of carbonyl (C=O) groups excluding carboxylic acids is 2. The zero-order chi connectivity index (χ0) is 16.1. The van der Waals surface area contributed by atoms with Gasteiger partial charge in [-0.3, -0.25) is 9.59 Å². The van der Waals surface area contributed by atoms with Crippen LogP contribution in [0.3, 0.4) is 0 Å². The smallest absolute Gasteiger partial charge is 0.263 e. The van der Waals surface area contributed by atoms with Crippen molar-refractivity contribution in [2.45, 2.75) is 39.7 Å². The maximum absolute atomic E-state index is 12.5. The summed E-state index contributed by atoms with van der Waals surface area (Å²) in [5, 5.41) is 2.71. The number of likely N-dealkylation sites (tertiary alicyclic amines) is 1. The minimum Gasteiger partial charge on any atom is -0.479 e. The van der Waals surface area contributed by atoms with Crippen molar-refractivity contribution in [1.82, 2.24) is 4.90 Å². The van der Waals surface area contributed by atoms with E-state index in [1.165, 1.54) is 6.92 Å². The molecule has 1 aromatic rings. The predicted octanol–water partition coefficient (Wildman–Crippen LogP) is 2.67. The van der Waals surface area contributed by atoms with Gasteiger partial charge in [-0.05, 0) is 37.8 Å². The van der Waals surface area contributed by atoms with Gasteiger partial charge in [0.05, 0.1) is 5.69 Å². The van der Waals surface area contributed by atoms with Crippen molar-refractivity contribution < 1.29 is 14.3 Å². The van der Waals surface area contributed by atoms with Crippen LogP contribution < -0.4 is 10.1 Å². The lowest BCUT2D eigenvalue weighted by molar-refractivity contribution is -0.139. The molecular weight excluding hydrogens is 280 g/mol. The van der Waals surface area contributed by atoms with Crippen molar-refractivity contribution in [3.63, 3.8) is 0 Å². The first-order valence-electron chi connectivity index (χ1n) is 7.79. The highest BCUT2D eigenvalue weighted by molar-refractivity contribution is 5.90. The lowest BCUT2D eigenvalue weighted by Gasteiger charge is -2.32. The molecule has 1 N–H and O–H groups in total. The van der Waals surface area contributed by atoms with Crippen LogP contribution in [0.4, 0.5) is 5.69 Å². The largest absolute Gasteiger partial charge is 0.479 e. The molecule has 5 heteroatoms. The zero-order valence-electron chi connectivity index (χ0n) is 13.5. The summed E-state index contributed by atoms with van der Waals surface area (Å²) in [4.78, 5) is 25.5. The molecule has 0 bridgehead atoms. The number of para-hydroxylation sites is 2. The molecule has 0 aliphatic carbocycles. The van der Waals surface area contributed by atoms with Crippen molar-refractivity contribution in [3.05, 3.63) is 24.3 Å². The number of nitrogens with zero attached hydrogens (tertiary/aromatic N) is 1. The van der Waals surface area contributed by atoms with Crippen LogP contribution in [0.15, 0.2) is 24.3 Å². The van der Waals surface area contributed by atoms with Crippen molar-refractivity contribution in [3.8, 4) is 5.75 Å². The average molecular weight is 304 g/mol. The molecule has 1 heterocycles. The number of carbonyl (C=O) groups is 2. The Morgan fingerprint density at radius 1 is 1.27 bits per heavy atom. The molecule has 22 heavy (non-hydrogen) atoms. The quantitative estimate of drug-likeness (QED) is 0.930. The first kappa shape index (κ1) is 16.3. The van der Waals surface area contributed by atoms with E-state index >= 15 is 0 Å². The van der Waals surface area contributed by atoms with Crippen LogP contribution >= 0.6 is 0 Å². The van der Waals surface area contributed by atoms with Gasteiger partial charge in [-0.15, -0.1) is 0 Å². The number of benzene rings is 1. The predicted molar refractivity (Wildman–Crippen MR) is 85.8 cm³/mol. The fraction of sp³-hybridized carbons (Fsp3) is 0.529. The molecule has 1 aromatic carbocycles. The summed E-state index contributed by atoms with van der Waals surface area (Å²) >= 11 is 0. The van der Waals surface area contributed by atoms with Gasteiger partial charge in [0.1, 0.15) is 5.75 Å². The van der Waals surface area contributed by atoms with Gasteiger partial charge in [-0.1, -0.05) is 19.1 Å². The maximum Gasteiger partial charge on any atom is 0.263 e. The molecule has 2 rings (SSSR count). The SMILES string of the molecule is CC(=O)Nc1ccccc1O[C@H](C)C(=O)N1CCC(C)CC1. The van der Waals surface area contributed by atoms with Gasteiger partial charge in [0, 0.05) is 20.0 Å². The van der Waals surface area contributed by atoms with E-state index in [-0.39, 0.29) is 11.8 Å². The minimum atomic E-state index is -0.566. The molecule has 0 spiro atoms. The van der Waals surface area contributed by atoms with Gasteiger partial charge in [-0.2, -0.15) is 0 Å². The third kappa shape index (κ3) is 4.23. The van der Waals surface area contributed by atoms with Gasteiger partial charge in [-0.25, -0.2) is 0 Å². The maximum atomic E-state index is 12.5. The molecule has 1 aliphatic rings. The summed E-state index contributed by atoms with van der Waals surface area (Å²) in [6.07, 6.45) is 1.52. The van der Waals surface area contributed by atoms with Crippen LogP contribution in [-0.4, -0.2) is 35.9 Å². The first-order chi connectivity index (χ1) is 10.5. The lowest BCUT2D eigenvalue weighted by Crippen LogP contribution is -2.44. The molecule has 2 amide bonds. The van der Waals surface area contributed by atoms with E-state index in [2.05, 4.69) is 12.2 Å². The number of hydrogen-bond acceptors (Lipinski definition) is 3. The van der Waals surface area contributed by atoms with E-state index in [4.69, 9.17) is 4.74 Å². The number of piperidine rings is 1. The van der Waals surface area contributed by atoms with Gasteiger partial charge in [0.25, 0.3) is 5.91 Å². The monoisotopic (exact) mass is 304 g/mol. The standard InChI is InChI=1S/C17H24N2O3/c1-12-8-10-19(11-9-12)17(21)13(2)22-16-7-5-4-6-15(16)18-14(3)20/h4-7,12-13H,8-11H2,1-3H3,(H,18,20)/t13-/m1/s1. The Bertz CT molecular complexity index is 536. The van der Waals surface area contributed by atoms with Gasteiger partial charge >= 0.3 is 0 Å². The second-order valence-electron chi connectivity index (χ2n) is 5.95. The fourth-order valence-electron chi connectivity index (χ4n) is 2.59. The number of anilines is 1. The van der Waals surface area contributed by atoms with E-state index in [1.54, 1.807) is 19.1 Å². The summed E-state index contributed by atoms with van der Waals surface area (Å²) < 4.78 is 5.78. The molecule has 5 nitrogen and oxygen atoms in total. The Kier molecular flexibility index (Phi) is 5.41. The lowest BCUT2D eigenvalue weighted by atomic mass is 9.99. The van der Waals surface area contributed by atoms with Gasteiger partial charge in [0.2, 0.25) is 5.91 Å². The Hall–Kier alpha value is -2.04. The highest BCUT2D eigenvalue weighted by Gasteiger charge is 2.26. The van der Waals surface area contributed by atoms with E-state index in [9.17, 15) is 9.59 Å². The van der Waals surface area contributed by atoms with Crippen LogP contribution in [0, 0.1) is 5.92 Å². The number of ether oxygens (including phenoxy) is 1. The Balaban J connectivity index is 2.00. The molecule has 1 fully saturated rings. The Morgan fingerprint density at radius 3 is 2.55 bits per heavy atom. The third-order valence-electron chi connectivity index (χ3n) is 3.94. The number of nitrogens with one attached hydrogen (secondary N) is 1. The number of amides is 2. The summed E-state index contributed by atoms with van der Waals surface area (Å²) in [6, 6.07) is 7.15. The van der Waals surface area contributed by atoms with E-state index < -0.39 is 6.10 Å². The molecule has 0 saturated carbocycles. The van der Waals surface area contributed by atoms with Crippen LogP contribution in [0.1, 0.15) is 33.6 Å². The average Bonchev–Trinajstić information content (AvgIpc) is 2.48. The van der Waals surface area contributed by atoms with E-state index in [1.807, 2.05) is 17.0 Å². The van der Waals surface area contributed by atoms with Crippen LogP contribution in [-0.2, 0) is 9.59 Å². The second-order valence-corrected chi connectivity index (χ2v) is 5.95. The summed E-state index contributed by atoms with van der Waals surface area (Å²) in [7, 11) is 0. The van der Waals surface area contributed by atoms with Crippen molar-refractivity contribution in [2.75, 3.05) is 18.4 Å². The molecule has 0 aromatic heterocycles. The summed E-state index contributed by atoms with van der Waals surface area (Å²) in [6.45, 7) is 7.00. The number of hydrogen-bond donors (Lipinski definition) is 1. The van der Waals surface area contributed by atoms with Gasteiger partial charge in [0.15, 0.2) is 6.10 Å². The highest BCUT2D eigenvalue weighted by atomic mass is 16.5. The van der Waals surface area contributed by atoms with E-state index in [0.717, 1.165) is 25.9 Å². The summed E-state index contributed by atoms with van der Waals surface area (Å²) in [5.41, 5.74) is 0.585. The number of rotatable bonds is 4. The molecule has 120 valence electrons. The fourth-order valence-corrected chi connectivity index (χ4v) is 2.59. The van der Waals surface area contributed by atoms with Crippen LogP contribution in [0.2, 0.25) is 0 Å².